The lowest BCUT2D eigenvalue weighted by Gasteiger charge is -2.15. The molecule has 88 valence electrons. The Balaban J connectivity index is 2.77. The van der Waals surface area contributed by atoms with Gasteiger partial charge >= 0.3 is 5.69 Å². The molecule has 0 saturated heterocycles. The number of aromatic nitrogens is 2. The van der Waals surface area contributed by atoms with Crippen LogP contribution in [-0.4, -0.2) is 9.24 Å². The van der Waals surface area contributed by atoms with Crippen molar-refractivity contribution in [2.24, 2.45) is 0 Å². The van der Waals surface area contributed by atoms with Crippen LogP contribution in [0, 0.1) is 0 Å². The molecule has 2 N–H and O–H groups in total. The van der Waals surface area contributed by atoms with Crippen molar-refractivity contribution in [3.63, 3.8) is 0 Å². The molecule has 5 heteroatoms. The van der Waals surface area contributed by atoms with Crippen molar-refractivity contribution in [3.8, 4) is 0 Å². The van der Waals surface area contributed by atoms with Gasteiger partial charge in [-0.3, -0.25) is 9.36 Å². The summed E-state index contributed by atoms with van der Waals surface area (Å²) in [5.41, 5.74) is 0.908. The summed E-state index contributed by atoms with van der Waals surface area (Å²) in [4.78, 5) is 24.1. The standard InChI is InChI=1S/C11H17N3O2/c1-3-7(2)13-10(15)8-5-4-6-9(8)14(12)11(13)16/h7H,3-6,12H2,1-2H3. The molecule has 1 heterocycles. The molecule has 0 fully saturated rings. The van der Waals surface area contributed by atoms with E-state index in [0.29, 0.717) is 0 Å². The van der Waals surface area contributed by atoms with Crippen molar-refractivity contribution in [2.75, 3.05) is 5.84 Å². The number of nitrogens with two attached hydrogens (primary N) is 1. The predicted molar refractivity (Wildman–Crippen MR) is 62.1 cm³/mol. The molecule has 1 unspecified atom stereocenters. The van der Waals surface area contributed by atoms with E-state index in [-0.39, 0.29) is 17.3 Å². The molecule has 0 spiro atoms. The second-order valence-corrected chi connectivity index (χ2v) is 4.36. The normalized spacial score (nSPS) is 16.1. The topological polar surface area (TPSA) is 70.0 Å². The summed E-state index contributed by atoms with van der Waals surface area (Å²) in [6.45, 7) is 3.81. The van der Waals surface area contributed by atoms with Gasteiger partial charge in [-0.05, 0) is 32.6 Å². The zero-order valence-electron chi connectivity index (χ0n) is 9.69. The number of fused-ring (bicyclic) bond motifs is 1. The zero-order chi connectivity index (χ0) is 11.9. The number of nitrogen functional groups attached to an aromatic ring is 1. The Morgan fingerprint density at radius 2 is 2.06 bits per heavy atom. The first-order chi connectivity index (χ1) is 7.57. The molecule has 0 saturated carbocycles. The van der Waals surface area contributed by atoms with Crippen LogP contribution in [0.3, 0.4) is 0 Å². The molecule has 0 aliphatic heterocycles. The smallest absolute Gasteiger partial charge is 0.335 e. The maximum Gasteiger partial charge on any atom is 0.349 e. The first kappa shape index (κ1) is 11.0. The highest BCUT2D eigenvalue weighted by Crippen LogP contribution is 2.16. The number of hydrogen-bond donors (Lipinski definition) is 1. The lowest BCUT2D eigenvalue weighted by molar-refractivity contribution is 0.472. The molecule has 0 amide bonds. The fourth-order valence-corrected chi connectivity index (χ4v) is 2.26. The third kappa shape index (κ3) is 1.38. The SMILES string of the molecule is CCC(C)n1c(=O)c2c(n(N)c1=O)CCC2. The van der Waals surface area contributed by atoms with E-state index in [4.69, 9.17) is 5.84 Å². The average Bonchev–Trinajstić information content (AvgIpc) is 2.75. The van der Waals surface area contributed by atoms with Crippen LogP contribution >= 0.6 is 0 Å². The van der Waals surface area contributed by atoms with Gasteiger partial charge in [0.15, 0.2) is 0 Å². The van der Waals surface area contributed by atoms with E-state index in [0.717, 1.165) is 41.6 Å². The Labute approximate surface area is 93.5 Å². The van der Waals surface area contributed by atoms with Gasteiger partial charge < -0.3 is 5.84 Å². The Morgan fingerprint density at radius 3 is 2.69 bits per heavy atom. The van der Waals surface area contributed by atoms with Crippen LogP contribution in [-0.2, 0) is 12.8 Å². The van der Waals surface area contributed by atoms with Gasteiger partial charge in [0, 0.05) is 11.6 Å². The minimum atomic E-state index is -0.389. The molecule has 0 aromatic carbocycles. The lowest BCUT2D eigenvalue weighted by atomic mass is 10.2. The molecular formula is C11H17N3O2. The fraction of sp³-hybridized carbons (Fsp3) is 0.636. The van der Waals surface area contributed by atoms with E-state index in [1.807, 2.05) is 13.8 Å². The van der Waals surface area contributed by atoms with E-state index in [1.54, 1.807) is 0 Å². The van der Waals surface area contributed by atoms with Crippen LogP contribution in [0.5, 0.6) is 0 Å². The highest BCUT2D eigenvalue weighted by Gasteiger charge is 2.23. The monoisotopic (exact) mass is 223 g/mol. The minimum Gasteiger partial charge on any atom is -0.335 e. The van der Waals surface area contributed by atoms with Crippen molar-refractivity contribution in [2.45, 2.75) is 45.6 Å². The molecule has 2 rings (SSSR count). The Hall–Kier alpha value is -1.52. The molecule has 1 aliphatic carbocycles. The van der Waals surface area contributed by atoms with Gasteiger partial charge in [0.2, 0.25) is 0 Å². The second-order valence-electron chi connectivity index (χ2n) is 4.36. The van der Waals surface area contributed by atoms with Gasteiger partial charge in [-0.25, -0.2) is 9.47 Å². The molecule has 1 atom stereocenters. The molecule has 0 radical (unpaired) electrons. The van der Waals surface area contributed by atoms with Crippen molar-refractivity contribution >= 4 is 0 Å². The number of nitrogens with zero attached hydrogens (tertiary/aromatic N) is 2. The van der Waals surface area contributed by atoms with E-state index in [1.165, 1.54) is 4.57 Å². The van der Waals surface area contributed by atoms with Crippen molar-refractivity contribution < 1.29 is 0 Å². The Morgan fingerprint density at radius 1 is 1.38 bits per heavy atom. The lowest BCUT2D eigenvalue weighted by Crippen LogP contribution is -2.46. The highest BCUT2D eigenvalue weighted by molar-refractivity contribution is 5.23. The van der Waals surface area contributed by atoms with Crippen molar-refractivity contribution in [3.05, 3.63) is 32.1 Å². The van der Waals surface area contributed by atoms with Gasteiger partial charge in [0.05, 0.1) is 5.69 Å². The summed E-state index contributed by atoms with van der Waals surface area (Å²) < 4.78 is 2.43. The van der Waals surface area contributed by atoms with Gasteiger partial charge in [-0.15, -0.1) is 0 Å². The quantitative estimate of drug-likeness (QED) is 0.727. The minimum absolute atomic E-state index is 0.0966. The second kappa shape index (κ2) is 3.81. The Kier molecular flexibility index (Phi) is 2.61. The van der Waals surface area contributed by atoms with E-state index < -0.39 is 0 Å². The van der Waals surface area contributed by atoms with Crippen LogP contribution in [0.25, 0.3) is 0 Å². The summed E-state index contributed by atoms with van der Waals surface area (Å²) in [5, 5.41) is 0. The Bertz CT molecular complexity index is 527. The van der Waals surface area contributed by atoms with Crippen LogP contribution in [0.4, 0.5) is 0 Å². The van der Waals surface area contributed by atoms with Gasteiger partial charge in [-0.1, -0.05) is 6.92 Å². The summed E-state index contributed by atoms with van der Waals surface area (Å²) >= 11 is 0. The fourth-order valence-electron chi connectivity index (χ4n) is 2.26. The summed E-state index contributed by atoms with van der Waals surface area (Å²) in [5.74, 6) is 5.74. The summed E-state index contributed by atoms with van der Waals surface area (Å²) in [6, 6.07) is -0.0966. The number of rotatable bonds is 2. The highest BCUT2D eigenvalue weighted by atomic mass is 16.2. The predicted octanol–water partition coefficient (Wildman–Crippen LogP) is 0.183. The van der Waals surface area contributed by atoms with Crippen LogP contribution in [0.2, 0.25) is 0 Å². The third-order valence-corrected chi connectivity index (χ3v) is 3.40. The number of hydrogen-bond acceptors (Lipinski definition) is 3. The largest absolute Gasteiger partial charge is 0.349 e. The van der Waals surface area contributed by atoms with Gasteiger partial charge in [-0.2, -0.15) is 0 Å². The molecule has 0 bridgehead atoms. The molecule has 1 aliphatic rings. The summed E-state index contributed by atoms with van der Waals surface area (Å²) in [7, 11) is 0. The molecule has 5 nitrogen and oxygen atoms in total. The van der Waals surface area contributed by atoms with E-state index >= 15 is 0 Å². The van der Waals surface area contributed by atoms with Gasteiger partial charge in [0.1, 0.15) is 0 Å². The molecular weight excluding hydrogens is 206 g/mol. The van der Waals surface area contributed by atoms with Crippen molar-refractivity contribution in [1.29, 1.82) is 0 Å². The summed E-state index contributed by atoms with van der Waals surface area (Å²) in [6.07, 6.45) is 3.12. The van der Waals surface area contributed by atoms with Crippen LogP contribution in [0.15, 0.2) is 9.59 Å². The zero-order valence-corrected chi connectivity index (χ0v) is 9.69. The van der Waals surface area contributed by atoms with Crippen LogP contribution < -0.4 is 17.1 Å². The maximum absolute atomic E-state index is 12.1. The third-order valence-electron chi connectivity index (χ3n) is 3.40. The van der Waals surface area contributed by atoms with E-state index in [2.05, 4.69) is 0 Å². The van der Waals surface area contributed by atoms with Crippen molar-refractivity contribution in [1.82, 2.24) is 9.24 Å². The van der Waals surface area contributed by atoms with Crippen LogP contribution in [0.1, 0.15) is 44.0 Å². The maximum atomic E-state index is 12.1. The molecule has 1 aromatic heterocycles. The molecule has 1 aromatic rings. The first-order valence-corrected chi connectivity index (χ1v) is 5.72. The van der Waals surface area contributed by atoms with E-state index in [9.17, 15) is 9.59 Å². The average molecular weight is 223 g/mol. The van der Waals surface area contributed by atoms with Gasteiger partial charge in [0.25, 0.3) is 5.56 Å². The molecule has 16 heavy (non-hydrogen) atoms. The first-order valence-electron chi connectivity index (χ1n) is 5.72.